The van der Waals surface area contributed by atoms with Gasteiger partial charge in [0.2, 0.25) is 23.6 Å². The van der Waals surface area contributed by atoms with Crippen LogP contribution in [0.3, 0.4) is 0 Å². The van der Waals surface area contributed by atoms with E-state index in [2.05, 4.69) is 6.58 Å². The number of amides is 4. The van der Waals surface area contributed by atoms with Gasteiger partial charge in [-0.3, -0.25) is 39.4 Å². The minimum Gasteiger partial charge on any atom is -0.507 e. The van der Waals surface area contributed by atoms with E-state index in [1.54, 1.807) is 61.5 Å². The maximum atomic E-state index is 14.6. The van der Waals surface area contributed by atoms with Crippen molar-refractivity contribution in [2.75, 3.05) is 28.8 Å². The first-order valence-corrected chi connectivity index (χ1v) is 16.8. The molecule has 1 saturated carbocycles. The molecule has 0 spiro atoms. The molecule has 3 fully saturated rings. The van der Waals surface area contributed by atoms with Gasteiger partial charge in [0, 0.05) is 37.7 Å². The third-order valence-electron chi connectivity index (χ3n) is 11.3. The fourth-order valence-electron chi connectivity index (χ4n) is 9.06. The Morgan fingerprint density at radius 2 is 1.56 bits per heavy atom. The fraction of sp³-hybridized carbons (Fsp3) is 0.316. The SMILES string of the molecule is C=CCc1cccc(C2C3=CCC4C(=O)N(c5cc([N+](=O)[O-])c(N(C)C)c([N+](=O)[O-])c5)C(=O)C4C3CC3C(=O)N(c4ccccc4)C(=O)C32C)c1O. The van der Waals surface area contributed by atoms with Gasteiger partial charge in [0.1, 0.15) is 5.75 Å². The highest BCUT2D eigenvalue weighted by Gasteiger charge is 2.68. The van der Waals surface area contributed by atoms with E-state index in [9.17, 15) is 44.5 Å². The molecular weight excluding hydrogens is 670 g/mol. The van der Waals surface area contributed by atoms with Gasteiger partial charge >= 0.3 is 11.4 Å². The summed E-state index contributed by atoms with van der Waals surface area (Å²) in [5.41, 5.74) is -1.31. The van der Waals surface area contributed by atoms with Gasteiger partial charge in [0.25, 0.3) is 0 Å². The second-order valence-corrected chi connectivity index (χ2v) is 14.1. The Morgan fingerprint density at radius 1 is 0.904 bits per heavy atom. The Balaban J connectivity index is 1.38. The molecule has 2 aliphatic carbocycles. The molecule has 7 rings (SSSR count). The van der Waals surface area contributed by atoms with Crippen molar-refractivity contribution in [2.45, 2.75) is 32.1 Å². The standard InChI is InChI=1S/C38H35N5O9/c1-5-10-20-11-9-14-25(33(20)44)31-23-15-16-24-30(26(23)19-27-35(46)41(37(48)38(27,31)2)21-12-7-6-8-13-21)36(47)40(34(24)45)22-17-28(42(49)50)32(39(3)4)29(18-22)43(51)52/h5-9,11-15,17-18,24,26-27,30-31,44H,1,10,16,19H2,2-4H3. The van der Waals surface area contributed by atoms with Crippen molar-refractivity contribution in [3.63, 3.8) is 0 Å². The summed E-state index contributed by atoms with van der Waals surface area (Å²) in [5, 5.41) is 35.9. The molecule has 4 aliphatic rings. The summed E-state index contributed by atoms with van der Waals surface area (Å²) in [6.07, 6.45) is 3.88. The van der Waals surface area contributed by atoms with Crippen LogP contribution in [0.2, 0.25) is 0 Å². The van der Waals surface area contributed by atoms with Gasteiger partial charge in [-0.05, 0) is 49.8 Å². The van der Waals surface area contributed by atoms with Crippen molar-refractivity contribution in [1.82, 2.24) is 0 Å². The van der Waals surface area contributed by atoms with Crippen LogP contribution in [0.15, 0.2) is 85.0 Å². The largest absolute Gasteiger partial charge is 0.507 e. The van der Waals surface area contributed by atoms with Crippen molar-refractivity contribution in [1.29, 1.82) is 0 Å². The number of hydrogen-bond donors (Lipinski definition) is 1. The molecular formula is C38H35N5O9. The molecule has 14 heteroatoms. The number of phenols is 1. The molecule has 266 valence electrons. The molecule has 3 aromatic carbocycles. The second kappa shape index (κ2) is 12.2. The van der Waals surface area contributed by atoms with Crippen LogP contribution in [0, 0.1) is 49.3 Å². The first-order valence-electron chi connectivity index (χ1n) is 16.8. The molecule has 6 atom stereocenters. The topological polar surface area (TPSA) is 185 Å². The molecule has 4 amide bonds. The Kier molecular flexibility index (Phi) is 8.07. The first-order chi connectivity index (χ1) is 24.7. The summed E-state index contributed by atoms with van der Waals surface area (Å²) in [6, 6.07) is 15.7. The van der Waals surface area contributed by atoms with E-state index < -0.39 is 79.9 Å². The minimum absolute atomic E-state index is 0.0355. The number of aromatic hydroxyl groups is 1. The first kappa shape index (κ1) is 34.3. The third kappa shape index (κ3) is 4.77. The van der Waals surface area contributed by atoms with E-state index in [0.29, 0.717) is 28.8 Å². The highest BCUT2D eigenvalue weighted by Crippen LogP contribution is 2.64. The summed E-state index contributed by atoms with van der Waals surface area (Å²) < 4.78 is 0. The Morgan fingerprint density at radius 3 is 2.15 bits per heavy atom. The minimum atomic E-state index is -1.39. The number of hydrogen-bond acceptors (Lipinski definition) is 10. The van der Waals surface area contributed by atoms with Gasteiger partial charge in [-0.1, -0.05) is 54.1 Å². The van der Waals surface area contributed by atoms with Crippen LogP contribution in [-0.2, 0) is 25.6 Å². The lowest BCUT2D eigenvalue weighted by Gasteiger charge is -2.49. The van der Waals surface area contributed by atoms with Crippen molar-refractivity contribution in [2.24, 2.45) is 29.1 Å². The van der Waals surface area contributed by atoms with Crippen LogP contribution in [0.5, 0.6) is 5.75 Å². The summed E-state index contributed by atoms with van der Waals surface area (Å²) in [4.78, 5) is 83.5. The predicted molar refractivity (Wildman–Crippen MR) is 190 cm³/mol. The van der Waals surface area contributed by atoms with Crippen molar-refractivity contribution < 1.29 is 34.1 Å². The van der Waals surface area contributed by atoms with Crippen LogP contribution in [0.1, 0.15) is 36.8 Å². The number of allylic oxidation sites excluding steroid dienone is 3. The van der Waals surface area contributed by atoms with Gasteiger partial charge in [0.05, 0.1) is 44.4 Å². The zero-order valence-corrected chi connectivity index (χ0v) is 28.6. The summed E-state index contributed by atoms with van der Waals surface area (Å²) in [5.74, 6) is -6.92. The average molecular weight is 706 g/mol. The highest BCUT2D eigenvalue weighted by atomic mass is 16.6. The van der Waals surface area contributed by atoms with E-state index in [0.717, 1.165) is 21.9 Å². The number of fused-ring (bicyclic) bond motifs is 4. The number of carbonyl (C=O) groups excluding carboxylic acids is 4. The second-order valence-electron chi connectivity index (χ2n) is 14.1. The van der Waals surface area contributed by atoms with E-state index in [1.165, 1.54) is 19.0 Å². The van der Waals surface area contributed by atoms with E-state index >= 15 is 0 Å². The summed E-state index contributed by atoms with van der Waals surface area (Å²) in [7, 11) is 2.82. The van der Waals surface area contributed by atoms with Gasteiger partial charge in [0.15, 0.2) is 5.69 Å². The molecule has 0 aromatic heterocycles. The Bertz CT molecular complexity index is 2110. The lowest BCUT2D eigenvalue weighted by molar-refractivity contribution is -0.392. The number of nitro groups is 2. The lowest BCUT2D eigenvalue weighted by Crippen LogP contribution is -2.49. The van der Waals surface area contributed by atoms with Gasteiger partial charge in [-0.2, -0.15) is 0 Å². The van der Waals surface area contributed by atoms with Crippen LogP contribution in [0.25, 0.3) is 0 Å². The summed E-state index contributed by atoms with van der Waals surface area (Å²) >= 11 is 0. The maximum Gasteiger partial charge on any atom is 0.301 e. The molecule has 2 saturated heterocycles. The molecule has 0 bridgehead atoms. The average Bonchev–Trinajstić information content (AvgIpc) is 3.48. The molecule has 0 radical (unpaired) electrons. The number of phenolic OH excluding ortho intramolecular Hbond substituents is 1. The van der Waals surface area contributed by atoms with Crippen molar-refractivity contribution >= 4 is 52.1 Å². The number of nitro benzene ring substituents is 2. The van der Waals surface area contributed by atoms with E-state index in [1.807, 2.05) is 6.08 Å². The Hall–Kier alpha value is -6.18. The predicted octanol–water partition coefficient (Wildman–Crippen LogP) is 5.44. The van der Waals surface area contributed by atoms with Crippen LogP contribution < -0.4 is 14.7 Å². The molecule has 52 heavy (non-hydrogen) atoms. The number of carbonyl (C=O) groups is 4. The normalized spacial score (nSPS) is 26.4. The van der Waals surface area contributed by atoms with Crippen LogP contribution in [-0.4, -0.2) is 52.7 Å². The molecule has 2 aliphatic heterocycles. The van der Waals surface area contributed by atoms with Gasteiger partial charge in [-0.15, -0.1) is 6.58 Å². The molecule has 14 nitrogen and oxygen atoms in total. The number of benzene rings is 3. The molecule has 3 aromatic rings. The summed E-state index contributed by atoms with van der Waals surface area (Å²) in [6.45, 7) is 5.50. The number of imide groups is 2. The number of nitrogens with zero attached hydrogens (tertiary/aromatic N) is 5. The van der Waals surface area contributed by atoms with E-state index in [4.69, 9.17) is 0 Å². The smallest absolute Gasteiger partial charge is 0.301 e. The van der Waals surface area contributed by atoms with Crippen LogP contribution in [0.4, 0.5) is 28.4 Å². The number of rotatable bonds is 8. The maximum absolute atomic E-state index is 14.6. The van der Waals surface area contributed by atoms with Crippen LogP contribution >= 0.6 is 0 Å². The molecule has 6 unspecified atom stereocenters. The number of para-hydroxylation sites is 2. The van der Waals surface area contributed by atoms with Crippen molar-refractivity contribution in [3.8, 4) is 5.75 Å². The molecule has 1 N–H and O–H groups in total. The fourth-order valence-corrected chi connectivity index (χ4v) is 9.06. The zero-order valence-electron chi connectivity index (χ0n) is 28.6. The van der Waals surface area contributed by atoms with Crippen molar-refractivity contribution in [3.05, 3.63) is 116 Å². The number of anilines is 3. The lowest BCUT2D eigenvalue weighted by atomic mass is 9.51. The quantitative estimate of drug-likeness (QED) is 0.137. The monoisotopic (exact) mass is 705 g/mol. The van der Waals surface area contributed by atoms with E-state index in [-0.39, 0.29) is 30.0 Å². The molecule has 2 heterocycles. The third-order valence-corrected chi connectivity index (χ3v) is 11.3. The zero-order chi connectivity index (χ0) is 37.4. The highest BCUT2D eigenvalue weighted by molar-refractivity contribution is 6.25. The van der Waals surface area contributed by atoms with Gasteiger partial charge in [-0.25, -0.2) is 9.80 Å². The Labute approximate surface area is 297 Å². The van der Waals surface area contributed by atoms with Gasteiger partial charge < -0.3 is 10.0 Å².